The second-order valence-corrected chi connectivity index (χ2v) is 5.25. The highest BCUT2D eigenvalue weighted by Gasteiger charge is 2.07. The number of hydrogen-bond donors (Lipinski definition) is 3. The highest BCUT2D eigenvalue weighted by Crippen LogP contribution is 2.25. The minimum absolute atomic E-state index is 0.557. The molecule has 0 saturated carbocycles. The Balaban J connectivity index is 1.86. The summed E-state index contributed by atoms with van der Waals surface area (Å²) in [6.07, 6.45) is 2.41. The van der Waals surface area contributed by atoms with Gasteiger partial charge in [0.15, 0.2) is 5.82 Å². The molecule has 2 heterocycles. The summed E-state index contributed by atoms with van der Waals surface area (Å²) >= 11 is 3.41. The Labute approximate surface area is 126 Å². The van der Waals surface area contributed by atoms with Gasteiger partial charge in [-0.2, -0.15) is 5.10 Å². The van der Waals surface area contributed by atoms with Crippen molar-refractivity contribution in [3.05, 3.63) is 28.3 Å². The lowest BCUT2D eigenvalue weighted by Crippen LogP contribution is -2.13. The maximum absolute atomic E-state index is 5.36. The van der Waals surface area contributed by atoms with Crippen LogP contribution in [-0.2, 0) is 6.54 Å². The lowest BCUT2D eigenvalue weighted by Gasteiger charge is -2.10. The van der Waals surface area contributed by atoms with E-state index in [0.29, 0.717) is 5.82 Å². The van der Waals surface area contributed by atoms with Crippen molar-refractivity contribution >= 4 is 27.6 Å². The molecule has 0 aliphatic carbocycles. The third-order valence-corrected chi connectivity index (χ3v) is 3.62. The van der Waals surface area contributed by atoms with Crippen LogP contribution in [0.25, 0.3) is 0 Å². The minimum Gasteiger partial charge on any atom is -0.369 e. The molecule has 0 fully saturated rings. The van der Waals surface area contributed by atoms with Crippen molar-refractivity contribution in [1.29, 1.82) is 0 Å². The van der Waals surface area contributed by atoms with Crippen molar-refractivity contribution < 1.29 is 0 Å². The van der Waals surface area contributed by atoms with Gasteiger partial charge in [-0.1, -0.05) is 0 Å². The molecule has 20 heavy (non-hydrogen) atoms. The van der Waals surface area contributed by atoms with E-state index in [1.54, 1.807) is 0 Å². The van der Waals surface area contributed by atoms with E-state index in [1.165, 1.54) is 12.0 Å². The SMILES string of the molecule is Cc1cc(C)n(CCCNc2ncnc(NN)c2Br)n1. The van der Waals surface area contributed by atoms with Crippen LogP contribution in [0.15, 0.2) is 16.9 Å². The zero-order valence-electron chi connectivity index (χ0n) is 11.5. The van der Waals surface area contributed by atoms with Crippen LogP contribution < -0.4 is 16.6 Å². The molecule has 0 bridgehead atoms. The third-order valence-electron chi connectivity index (χ3n) is 2.87. The first-order chi connectivity index (χ1) is 9.61. The zero-order chi connectivity index (χ0) is 14.5. The second kappa shape index (κ2) is 6.67. The number of rotatable bonds is 6. The largest absolute Gasteiger partial charge is 0.369 e. The highest BCUT2D eigenvalue weighted by atomic mass is 79.9. The van der Waals surface area contributed by atoms with E-state index in [4.69, 9.17) is 5.84 Å². The molecule has 0 unspecified atom stereocenters. The smallest absolute Gasteiger partial charge is 0.159 e. The van der Waals surface area contributed by atoms with Gasteiger partial charge < -0.3 is 10.7 Å². The molecular weight excluding hydrogens is 322 g/mol. The topological polar surface area (TPSA) is 93.7 Å². The Morgan fingerprint density at radius 2 is 2.05 bits per heavy atom. The van der Waals surface area contributed by atoms with Gasteiger partial charge >= 0.3 is 0 Å². The number of aryl methyl sites for hydroxylation is 3. The van der Waals surface area contributed by atoms with E-state index in [-0.39, 0.29) is 0 Å². The molecule has 108 valence electrons. The molecule has 0 aliphatic heterocycles. The quantitative estimate of drug-likeness (QED) is 0.422. The van der Waals surface area contributed by atoms with Gasteiger partial charge in [0.25, 0.3) is 0 Å². The number of anilines is 2. The van der Waals surface area contributed by atoms with E-state index < -0.39 is 0 Å². The van der Waals surface area contributed by atoms with Gasteiger partial charge in [-0.3, -0.25) is 4.68 Å². The van der Waals surface area contributed by atoms with Crippen LogP contribution in [0.5, 0.6) is 0 Å². The van der Waals surface area contributed by atoms with E-state index >= 15 is 0 Å². The fourth-order valence-electron chi connectivity index (χ4n) is 1.93. The van der Waals surface area contributed by atoms with Crippen LogP contribution in [0.2, 0.25) is 0 Å². The lowest BCUT2D eigenvalue weighted by molar-refractivity contribution is 0.573. The maximum atomic E-state index is 5.36. The molecule has 0 saturated heterocycles. The first kappa shape index (κ1) is 14.7. The predicted molar refractivity (Wildman–Crippen MR) is 82.3 cm³/mol. The molecule has 8 heteroatoms. The average Bonchev–Trinajstić information content (AvgIpc) is 2.74. The van der Waals surface area contributed by atoms with Gasteiger partial charge in [-0.15, -0.1) is 0 Å². The molecule has 0 amide bonds. The number of hydrogen-bond acceptors (Lipinski definition) is 6. The van der Waals surface area contributed by atoms with E-state index in [1.807, 2.05) is 11.6 Å². The Bertz CT molecular complexity index is 581. The van der Waals surface area contributed by atoms with Crippen molar-refractivity contribution in [3.8, 4) is 0 Å². The Morgan fingerprint density at radius 3 is 2.70 bits per heavy atom. The number of aromatic nitrogens is 4. The van der Waals surface area contributed by atoms with Gasteiger partial charge in [0.05, 0.1) is 5.69 Å². The van der Waals surface area contributed by atoms with Crippen molar-refractivity contribution in [2.45, 2.75) is 26.8 Å². The zero-order valence-corrected chi connectivity index (χ0v) is 13.1. The minimum atomic E-state index is 0.557. The van der Waals surface area contributed by atoms with Crippen LogP contribution in [0.3, 0.4) is 0 Å². The molecule has 4 N–H and O–H groups in total. The first-order valence-corrected chi connectivity index (χ1v) is 7.13. The number of nitrogen functional groups attached to an aromatic ring is 1. The molecule has 0 atom stereocenters. The Kier molecular flexibility index (Phi) is 4.91. The van der Waals surface area contributed by atoms with Crippen LogP contribution in [0, 0.1) is 13.8 Å². The van der Waals surface area contributed by atoms with E-state index in [2.05, 4.69) is 54.7 Å². The van der Waals surface area contributed by atoms with Crippen LogP contribution >= 0.6 is 15.9 Å². The van der Waals surface area contributed by atoms with Crippen molar-refractivity contribution in [2.24, 2.45) is 5.84 Å². The summed E-state index contributed by atoms with van der Waals surface area (Å²) in [5.74, 6) is 6.64. The third kappa shape index (κ3) is 3.45. The standard InChI is InChI=1S/C12H18BrN7/c1-8-6-9(2)20(19-8)5-3-4-15-11-10(13)12(18-14)17-7-16-11/h6-7H,3-5,14H2,1-2H3,(H2,15,16,17,18). The molecule has 0 aromatic carbocycles. The summed E-state index contributed by atoms with van der Waals surface area (Å²) in [7, 11) is 0. The van der Waals surface area contributed by atoms with Gasteiger partial charge in [0.1, 0.15) is 16.6 Å². The van der Waals surface area contributed by atoms with Gasteiger partial charge in [0, 0.05) is 18.8 Å². The predicted octanol–water partition coefficient (Wildman–Crippen LogP) is 1.84. The number of nitrogens with one attached hydrogen (secondary N) is 2. The molecule has 0 aliphatic rings. The van der Waals surface area contributed by atoms with E-state index in [0.717, 1.165) is 35.5 Å². The molecule has 7 nitrogen and oxygen atoms in total. The summed E-state index contributed by atoms with van der Waals surface area (Å²) in [5.41, 5.74) is 4.74. The van der Waals surface area contributed by atoms with Crippen molar-refractivity contribution in [3.63, 3.8) is 0 Å². The van der Waals surface area contributed by atoms with Crippen molar-refractivity contribution in [1.82, 2.24) is 19.7 Å². The first-order valence-electron chi connectivity index (χ1n) is 6.34. The molecule has 2 rings (SSSR count). The van der Waals surface area contributed by atoms with Crippen LogP contribution in [-0.4, -0.2) is 26.3 Å². The van der Waals surface area contributed by atoms with Crippen LogP contribution in [0.1, 0.15) is 17.8 Å². The summed E-state index contributed by atoms with van der Waals surface area (Å²) in [6, 6.07) is 2.08. The average molecular weight is 340 g/mol. The summed E-state index contributed by atoms with van der Waals surface area (Å²) < 4.78 is 2.74. The molecule has 2 aromatic heterocycles. The van der Waals surface area contributed by atoms with Crippen LogP contribution in [0.4, 0.5) is 11.6 Å². The summed E-state index contributed by atoms with van der Waals surface area (Å²) in [5, 5.41) is 7.68. The van der Waals surface area contributed by atoms with Gasteiger partial charge in [-0.05, 0) is 42.3 Å². The molecule has 0 radical (unpaired) electrons. The molecular formula is C12H18BrN7. The lowest BCUT2D eigenvalue weighted by atomic mass is 10.4. The number of hydrazine groups is 1. The molecule has 0 spiro atoms. The fourth-order valence-corrected chi connectivity index (χ4v) is 2.39. The van der Waals surface area contributed by atoms with Crippen molar-refractivity contribution in [2.75, 3.05) is 17.3 Å². The van der Waals surface area contributed by atoms with E-state index in [9.17, 15) is 0 Å². The monoisotopic (exact) mass is 339 g/mol. The number of nitrogens with two attached hydrogens (primary N) is 1. The summed E-state index contributed by atoms with van der Waals surface area (Å²) in [6.45, 7) is 5.73. The second-order valence-electron chi connectivity index (χ2n) is 4.46. The number of halogens is 1. The fraction of sp³-hybridized carbons (Fsp3) is 0.417. The maximum Gasteiger partial charge on any atom is 0.159 e. The summed E-state index contributed by atoms with van der Waals surface area (Å²) in [4.78, 5) is 8.17. The Morgan fingerprint density at radius 1 is 1.30 bits per heavy atom. The van der Waals surface area contributed by atoms with Gasteiger partial charge in [-0.25, -0.2) is 15.8 Å². The Hall–Kier alpha value is -1.67. The normalized spacial score (nSPS) is 10.6. The van der Waals surface area contributed by atoms with Gasteiger partial charge in [0.2, 0.25) is 0 Å². The molecule has 2 aromatic rings. The number of nitrogens with zero attached hydrogens (tertiary/aromatic N) is 4. The highest BCUT2D eigenvalue weighted by molar-refractivity contribution is 9.10.